The van der Waals surface area contributed by atoms with Gasteiger partial charge in [0.2, 0.25) is 0 Å². The van der Waals surface area contributed by atoms with Gasteiger partial charge in [-0.05, 0) is 43.9 Å². The van der Waals surface area contributed by atoms with E-state index in [2.05, 4.69) is 16.7 Å². The molecule has 2 atom stereocenters. The van der Waals surface area contributed by atoms with Gasteiger partial charge < -0.3 is 20.1 Å². The average molecular weight is 331 g/mol. The van der Waals surface area contributed by atoms with Crippen molar-refractivity contribution >= 4 is 11.7 Å². The van der Waals surface area contributed by atoms with Gasteiger partial charge in [-0.3, -0.25) is 0 Å². The molecule has 0 bridgehead atoms. The van der Waals surface area contributed by atoms with E-state index < -0.39 is 0 Å². The second-order valence-corrected chi connectivity index (χ2v) is 6.01. The maximum absolute atomic E-state index is 12.1. The predicted octanol–water partition coefficient (Wildman–Crippen LogP) is 3.37. The largest absolute Gasteiger partial charge is 0.489 e. The van der Waals surface area contributed by atoms with E-state index in [9.17, 15) is 4.79 Å². The summed E-state index contributed by atoms with van der Waals surface area (Å²) in [5, 5.41) is 14.4. The topological polar surface area (TPSA) is 83.4 Å². The van der Waals surface area contributed by atoms with E-state index in [1.165, 1.54) is 0 Å². The molecule has 0 aromatic heterocycles. The third kappa shape index (κ3) is 5.43. The normalized spacial score (nSPS) is 17.8. The van der Waals surface area contributed by atoms with E-state index in [1.54, 1.807) is 0 Å². The van der Waals surface area contributed by atoms with E-state index in [4.69, 9.17) is 14.7 Å². The summed E-state index contributed by atoms with van der Waals surface area (Å²) in [4.78, 5) is 12.1. The lowest BCUT2D eigenvalue weighted by molar-refractivity contribution is 0.0682. The first kappa shape index (κ1) is 18.1. The van der Waals surface area contributed by atoms with Crippen molar-refractivity contribution in [2.24, 2.45) is 0 Å². The molecule has 1 saturated heterocycles. The minimum absolute atomic E-state index is 0.118. The Kier molecular flexibility index (Phi) is 6.89. The zero-order valence-electron chi connectivity index (χ0n) is 14.3. The monoisotopic (exact) mass is 331 g/mol. The number of nitrogens with one attached hydrogen (secondary N) is 2. The maximum Gasteiger partial charge on any atom is 0.319 e. The van der Waals surface area contributed by atoms with Crippen LogP contribution in [0.4, 0.5) is 10.5 Å². The van der Waals surface area contributed by atoms with Gasteiger partial charge in [0.15, 0.2) is 0 Å². The van der Waals surface area contributed by atoms with Crippen LogP contribution >= 0.6 is 0 Å². The molecule has 130 valence electrons. The van der Waals surface area contributed by atoms with Gasteiger partial charge in [0.25, 0.3) is 0 Å². The number of urea groups is 1. The number of benzene rings is 1. The molecule has 0 spiro atoms. The molecule has 1 aliphatic rings. The minimum atomic E-state index is -0.331. The molecule has 0 unspecified atom stereocenters. The Hall–Kier alpha value is -2.26. The van der Waals surface area contributed by atoms with Crippen LogP contribution in [0.25, 0.3) is 0 Å². The number of hydrogen-bond donors (Lipinski definition) is 2. The van der Waals surface area contributed by atoms with Crippen molar-refractivity contribution in [1.29, 1.82) is 5.26 Å². The lowest BCUT2D eigenvalue weighted by Crippen LogP contribution is -2.37. The highest BCUT2D eigenvalue weighted by atomic mass is 16.5. The number of amides is 2. The van der Waals surface area contributed by atoms with Crippen LogP contribution in [-0.4, -0.2) is 31.4 Å². The van der Waals surface area contributed by atoms with Crippen molar-refractivity contribution in [2.75, 3.05) is 18.5 Å². The van der Waals surface area contributed by atoms with Crippen LogP contribution in [0.2, 0.25) is 0 Å². The zero-order valence-corrected chi connectivity index (χ0v) is 14.3. The van der Waals surface area contributed by atoms with Crippen molar-refractivity contribution in [3.63, 3.8) is 0 Å². The summed E-state index contributed by atoms with van der Waals surface area (Å²) in [6, 6.07) is 7.23. The van der Waals surface area contributed by atoms with Crippen molar-refractivity contribution in [2.45, 2.75) is 51.7 Å². The minimum Gasteiger partial charge on any atom is -0.489 e. The predicted molar refractivity (Wildman–Crippen MR) is 92.1 cm³/mol. The van der Waals surface area contributed by atoms with Crippen molar-refractivity contribution < 1.29 is 14.3 Å². The zero-order chi connectivity index (χ0) is 17.4. The van der Waals surface area contributed by atoms with E-state index in [-0.39, 0.29) is 18.2 Å². The highest BCUT2D eigenvalue weighted by Gasteiger charge is 2.18. The number of rotatable bonds is 7. The quantitative estimate of drug-likeness (QED) is 0.802. The van der Waals surface area contributed by atoms with E-state index in [0.29, 0.717) is 30.9 Å². The molecular formula is C18H25N3O3. The van der Waals surface area contributed by atoms with E-state index in [1.807, 2.05) is 32.0 Å². The fourth-order valence-electron chi connectivity index (χ4n) is 2.56. The summed E-state index contributed by atoms with van der Waals surface area (Å²) in [5.41, 5.74) is 1.67. The molecule has 2 amide bonds. The second kappa shape index (κ2) is 9.14. The standard InChI is InChI=1S/C18H25N3O3/c1-3-14(8-9-19)20-18(22)21-16-7-6-13(2)11-17(16)24-12-15-5-4-10-23-15/h6-7,11,14-15H,3-5,8,10,12H2,1-2H3,(H2,20,21,22)/t14-,15-/m0/s1. The van der Waals surface area contributed by atoms with Crippen LogP contribution in [0.5, 0.6) is 5.75 Å². The molecule has 6 nitrogen and oxygen atoms in total. The molecule has 1 fully saturated rings. The Balaban J connectivity index is 1.97. The summed E-state index contributed by atoms with van der Waals surface area (Å²) in [7, 11) is 0. The molecule has 0 aliphatic carbocycles. The number of aryl methyl sites for hydroxylation is 1. The average Bonchev–Trinajstić information content (AvgIpc) is 3.08. The summed E-state index contributed by atoms with van der Waals surface area (Å²) < 4.78 is 11.4. The molecule has 1 heterocycles. The van der Waals surface area contributed by atoms with Crippen molar-refractivity contribution in [3.05, 3.63) is 23.8 Å². The molecule has 0 radical (unpaired) electrons. The number of anilines is 1. The second-order valence-electron chi connectivity index (χ2n) is 6.01. The van der Waals surface area contributed by atoms with Crippen LogP contribution in [0, 0.1) is 18.3 Å². The number of nitrogens with zero attached hydrogens (tertiary/aromatic N) is 1. The highest BCUT2D eigenvalue weighted by Crippen LogP contribution is 2.27. The summed E-state index contributed by atoms with van der Waals surface area (Å²) in [6.45, 7) is 5.17. The fourth-order valence-corrected chi connectivity index (χ4v) is 2.56. The Morgan fingerprint density at radius 2 is 2.38 bits per heavy atom. The SMILES string of the molecule is CC[C@@H](CC#N)NC(=O)Nc1ccc(C)cc1OC[C@@H]1CCCO1. The molecule has 2 N–H and O–H groups in total. The lowest BCUT2D eigenvalue weighted by Gasteiger charge is -2.18. The maximum atomic E-state index is 12.1. The number of nitriles is 1. The Morgan fingerprint density at radius 3 is 3.04 bits per heavy atom. The van der Waals surface area contributed by atoms with E-state index >= 15 is 0 Å². The first-order valence-electron chi connectivity index (χ1n) is 8.42. The first-order chi connectivity index (χ1) is 11.6. The van der Waals surface area contributed by atoms with Gasteiger partial charge in [-0.1, -0.05) is 13.0 Å². The van der Waals surface area contributed by atoms with Crippen molar-refractivity contribution in [1.82, 2.24) is 5.32 Å². The number of hydrogen-bond acceptors (Lipinski definition) is 4. The molecule has 1 aromatic carbocycles. The number of carbonyl (C=O) groups is 1. The van der Waals surface area contributed by atoms with Gasteiger partial charge in [-0.2, -0.15) is 5.26 Å². The molecule has 2 rings (SSSR count). The van der Waals surface area contributed by atoms with Crippen LogP contribution in [0.15, 0.2) is 18.2 Å². The molecule has 6 heteroatoms. The van der Waals surface area contributed by atoms with Crippen LogP contribution in [0.3, 0.4) is 0 Å². The fraction of sp³-hybridized carbons (Fsp3) is 0.556. The van der Waals surface area contributed by atoms with Gasteiger partial charge >= 0.3 is 6.03 Å². The summed E-state index contributed by atoms with van der Waals surface area (Å²) in [5.74, 6) is 0.633. The van der Waals surface area contributed by atoms with Crippen LogP contribution < -0.4 is 15.4 Å². The van der Waals surface area contributed by atoms with Gasteiger partial charge in [0.05, 0.1) is 24.3 Å². The van der Waals surface area contributed by atoms with Gasteiger partial charge in [-0.25, -0.2) is 4.79 Å². The first-order valence-corrected chi connectivity index (χ1v) is 8.42. The molecular weight excluding hydrogens is 306 g/mol. The molecule has 1 aromatic rings. The Morgan fingerprint density at radius 1 is 1.54 bits per heavy atom. The third-order valence-corrected chi connectivity index (χ3v) is 4.00. The third-order valence-electron chi connectivity index (χ3n) is 4.00. The summed E-state index contributed by atoms with van der Waals surface area (Å²) >= 11 is 0. The number of ether oxygens (including phenoxy) is 2. The number of carbonyl (C=O) groups excluding carboxylic acids is 1. The van der Waals surface area contributed by atoms with Crippen LogP contribution in [-0.2, 0) is 4.74 Å². The van der Waals surface area contributed by atoms with Crippen LogP contribution in [0.1, 0.15) is 38.2 Å². The van der Waals surface area contributed by atoms with Gasteiger partial charge in [0.1, 0.15) is 12.4 Å². The molecule has 1 aliphatic heterocycles. The van der Waals surface area contributed by atoms with E-state index in [0.717, 1.165) is 25.0 Å². The Bertz CT molecular complexity index is 592. The molecule has 24 heavy (non-hydrogen) atoms. The smallest absolute Gasteiger partial charge is 0.319 e. The highest BCUT2D eigenvalue weighted by molar-refractivity contribution is 5.91. The van der Waals surface area contributed by atoms with Crippen molar-refractivity contribution in [3.8, 4) is 11.8 Å². The lowest BCUT2D eigenvalue weighted by atomic mass is 10.2. The molecule has 0 saturated carbocycles. The van der Waals surface area contributed by atoms with Gasteiger partial charge in [-0.15, -0.1) is 0 Å². The summed E-state index contributed by atoms with van der Waals surface area (Å²) in [6.07, 6.45) is 3.18. The van der Waals surface area contributed by atoms with Gasteiger partial charge in [0, 0.05) is 12.6 Å². The Labute approximate surface area is 143 Å².